The molecule has 0 radical (unpaired) electrons. The van der Waals surface area contributed by atoms with Gasteiger partial charge in [0.1, 0.15) is 23.1 Å². The van der Waals surface area contributed by atoms with Crippen molar-refractivity contribution in [1.29, 1.82) is 0 Å². The minimum absolute atomic E-state index is 0.0736. The number of Topliss-reactive ketones (excluding diaryl/α,β-unsaturated/α-hetero) is 4. The van der Waals surface area contributed by atoms with Crippen molar-refractivity contribution in [3.8, 4) is 0 Å². The Morgan fingerprint density at radius 3 is 0.862 bits per heavy atom. The molecule has 0 aliphatic carbocycles. The molecule has 0 fully saturated rings. The van der Waals surface area contributed by atoms with Gasteiger partial charge in [-0.25, -0.2) is 0 Å². The average Bonchev–Trinajstić information content (AvgIpc) is 2.60. The number of carbonyl (C=O) groups excluding carboxylic acids is 4. The standard InChI is InChI=1S/C23H42N2O4/c1-16(2)20(26)12-24(13-21(27)17(3)4)10-9-11-25(14-22(28)18(5)6)15-23(29)19(7)8/h16-19H,9-15H2,1-8H3. The van der Waals surface area contributed by atoms with Crippen LogP contribution in [0, 0.1) is 23.7 Å². The smallest absolute Gasteiger partial charge is 0.149 e. The van der Waals surface area contributed by atoms with Crippen LogP contribution in [-0.2, 0) is 19.2 Å². The van der Waals surface area contributed by atoms with Crippen molar-refractivity contribution in [2.24, 2.45) is 23.7 Å². The second-order valence-corrected chi connectivity index (χ2v) is 9.26. The Morgan fingerprint density at radius 2 is 0.690 bits per heavy atom. The van der Waals surface area contributed by atoms with Crippen LogP contribution in [0.2, 0.25) is 0 Å². The van der Waals surface area contributed by atoms with E-state index in [1.807, 2.05) is 65.2 Å². The van der Waals surface area contributed by atoms with E-state index in [0.29, 0.717) is 19.5 Å². The van der Waals surface area contributed by atoms with Crippen LogP contribution >= 0.6 is 0 Å². The van der Waals surface area contributed by atoms with Gasteiger partial charge in [0.05, 0.1) is 26.2 Å². The molecular formula is C23H42N2O4. The summed E-state index contributed by atoms with van der Waals surface area (Å²) < 4.78 is 0. The topological polar surface area (TPSA) is 74.8 Å². The van der Waals surface area contributed by atoms with Crippen molar-refractivity contribution in [3.05, 3.63) is 0 Å². The monoisotopic (exact) mass is 410 g/mol. The van der Waals surface area contributed by atoms with Crippen LogP contribution in [0.25, 0.3) is 0 Å². The van der Waals surface area contributed by atoms with Crippen molar-refractivity contribution in [2.45, 2.75) is 61.8 Å². The van der Waals surface area contributed by atoms with Crippen LogP contribution in [0.1, 0.15) is 61.8 Å². The fraction of sp³-hybridized carbons (Fsp3) is 0.826. The second kappa shape index (κ2) is 13.8. The summed E-state index contributed by atoms with van der Waals surface area (Å²) in [5.74, 6) is 0.162. The molecular weight excluding hydrogens is 368 g/mol. The Kier molecular flexibility index (Phi) is 13.1. The molecule has 6 nitrogen and oxygen atoms in total. The van der Waals surface area contributed by atoms with Crippen molar-refractivity contribution in [2.75, 3.05) is 39.3 Å². The summed E-state index contributed by atoms with van der Waals surface area (Å²) in [5.41, 5.74) is 0. The van der Waals surface area contributed by atoms with Gasteiger partial charge < -0.3 is 0 Å². The molecule has 0 saturated carbocycles. The third kappa shape index (κ3) is 12.0. The Balaban J connectivity index is 4.98. The summed E-state index contributed by atoms with van der Waals surface area (Å²) in [4.78, 5) is 52.6. The van der Waals surface area contributed by atoms with E-state index in [1.54, 1.807) is 0 Å². The van der Waals surface area contributed by atoms with E-state index in [1.165, 1.54) is 0 Å². The molecule has 0 heterocycles. The van der Waals surface area contributed by atoms with Gasteiger partial charge >= 0.3 is 0 Å². The summed E-state index contributed by atoms with van der Waals surface area (Å²) in [7, 11) is 0. The molecule has 0 aromatic carbocycles. The van der Waals surface area contributed by atoms with E-state index in [9.17, 15) is 19.2 Å². The van der Waals surface area contributed by atoms with E-state index in [2.05, 4.69) is 0 Å². The molecule has 0 rings (SSSR count). The predicted octanol–water partition coefficient (Wildman–Crippen LogP) is 2.88. The van der Waals surface area contributed by atoms with Crippen molar-refractivity contribution >= 4 is 23.1 Å². The number of ketones is 4. The van der Waals surface area contributed by atoms with Crippen molar-refractivity contribution in [3.63, 3.8) is 0 Å². The van der Waals surface area contributed by atoms with Gasteiger partial charge in [-0.1, -0.05) is 55.4 Å². The van der Waals surface area contributed by atoms with Crippen LogP contribution in [0.15, 0.2) is 0 Å². The lowest BCUT2D eigenvalue weighted by Gasteiger charge is -2.26. The molecule has 0 aromatic heterocycles. The van der Waals surface area contributed by atoms with E-state index in [4.69, 9.17) is 0 Å². The summed E-state index contributed by atoms with van der Waals surface area (Å²) in [6, 6.07) is 0. The largest absolute Gasteiger partial charge is 0.298 e. The Labute approximate surface area is 177 Å². The lowest BCUT2D eigenvalue weighted by molar-refractivity contribution is -0.127. The second-order valence-electron chi connectivity index (χ2n) is 9.26. The molecule has 0 saturated heterocycles. The first kappa shape index (κ1) is 27.6. The number of nitrogens with zero attached hydrogens (tertiary/aromatic N) is 2. The highest BCUT2D eigenvalue weighted by Gasteiger charge is 2.21. The molecule has 0 bridgehead atoms. The van der Waals surface area contributed by atoms with Gasteiger partial charge in [0.15, 0.2) is 0 Å². The maximum Gasteiger partial charge on any atom is 0.149 e. The highest BCUT2D eigenvalue weighted by Crippen LogP contribution is 2.06. The molecule has 29 heavy (non-hydrogen) atoms. The molecule has 0 spiro atoms. The van der Waals surface area contributed by atoms with Gasteiger partial charge in [-0.3, -0.25) is 29.0 Å². The minimum atomic E-state index is -0.0736. The summed E-state index contributed by atoms with van der Waals surface area (Å²) in [6.45, 7) is 17.1. The minimum Gasteiger partial charge on any atom is -0.298 e. The zero-order valence-corrected chi connectivity index (χ0v) is 19.8. The van der Waals surface area contributed by atoms with Crippen LogP contribution in [-0.4, -0.2) is 72.2 Å². The Morgan fingerprint density at radius 1 is 0.483 bits per heavy atom. The highest BCUT2D eigenvalue weighted by atomic mass is 16.1. The van der Waals surface area contributed by atoms with Crippen LogP contribution in [0.3, 0.4) is 0 Å². The number of carbonyl (C=O) groups is 4. The van der Waals surface area contributed by atoms with Crippen LogP contribution in [0.4, 0.5) is 0 Å². The van der Waals surface area contributed by atoms with E-state index >= 15 is 0 Å². The van der Waals surface area contributed by atoms with E-state index < -0.39 is 0 Å². The van der Waals surface area contributed by atoms with Crippen molar-refractivity contribution < 1.29 is 19.2 Å². The molecule has 168 valence electrons. The summed E-state index contributed by atoms with van der Waals surface area (Å²) >= 11 is 0. The average molecular weight is 411 g/mol. The maximum atomic E-state index is 12.2. The zero-order valence-electron chi connectivity index (χ0n) is 19.8. The normalized spacial score (nSPS) is 12.1. The lowest BCUT2D eigenvalue weighted by Crippen LogP contribution is -2.41. The molecule has 0 N–H and O–H groups in total. The third-order valence-electron chi connectivity index (χ3n) is 5.04. The SMILES string of the molecule is CC(C)C(=O)CN(CCCN(CC(=O)C(C)C)CC(=O)C(C)C)CC(=O)C(C)C. The molecule has 6 heteroatoms. The fourth-order valence-electron chi connectivity index (χ4n) is 2.56. The van der Waals surface area contributed by atoms with Gasteiger partial charge in [0.2, 0.25) is 0 Å². The van der Waals surface area contributed by atoms with Gasteiger partial charge in [-0.2, -0.15) is 0 Å². The number of hydrogen-bond donors (Lipinski definition) is 0. The van der Waals surface area contributed by atoms with Gasteiger partial charge in [-0.15, -0.1) is 0 Å². The van der Waals surface area contributed by atoms with Crippen molar-refractivity contribution in [1.82, 2.24) is 9.80 Å². The Bertz CT molecular complexity index is 461. The first-order chi connectivity index (χ1) is 13.3. The van der Waals surface area contributed by atoms with E-state index in [-0.39, 0.29) is 73.0 Å². The molecule has 0 amide bonds. The maximum absolute atomic E-state index is 12.2. The quantitative estimate of drug-likeness (QED) is 0.389. The molecule has 0 aliphatic rings. The predicted molar refractivity (Wildman–Crippen MR) is 117 cm³/mol. The third-order valence-corrected chi connectivity index (χ3v) is 5.04. The molecule has 0 aliphatic heterocycles. The lowest BCUT2D eigenvalue weighted by atomic mass is 10.1. The zero-order chi connectivity index (χ0) is 22.7. The van der Waals surface area contributed by atoms with Gasteiger partial charge in [-0.05, 0) is 6.42 Å². The summed E-state index contributed by atoms with van der Waals surface area (Å²) in [6.07, 6.45) is 0.688. The summed E-state index contributed by atoms with van der Waals surface area (Å²) in [5, 5.41) is 0. The fourth-order valence-corrected chi connectivity index (χ4v) is 2.56. The Hall–Kier alpha value is -1.40. The first-order valence-electron chi connectivity index (χ1n) is 10.9. The highest BCUT2D eigenvalue weighted by molar-refractivity contribution is 5.86. The van der Waals surface area contributed by atoms with Gasteiger partial charge in [0, 0.05) is 36.8 Å². The first-order valence-corrected chi connectivity index (χ1v) is 10.9. The molecule has 0 unspecified atom stereocenters. The number of hydrogen-bond acceptors (Lipinski definition) is 6. The molecule has 0 atom stereocenters. The van der Waals surface area contributed by atoms with Crippen LogP contribution < -0.4 is 0 Å². The number of rotatable bonds is 16. The van der Waals surface area contributed by atoms with E-state index in [0.717, 1.165) is 0 Å². The van der Waals surface area contributed by atoms with Crippen LogP contribution in [0.5, 0.6) is 0 Å². The molecule has 0 aromatic rings. The van der Waals surface area contributed by atoms with Gasteiger partial charge in [0.25, 0.3) is 0 Å².